The third-order valence-corrected chi connectivity index (χ3v) is 7.81. The van der Waals surface area contributed by atoms with Crippen molar-refractivity contribution in [3.8, 4) is 0 Å². The van der Waals surface area contributed by atoms with E-state index in [2.05, 4.69) is 16.5 Å². The number of piperidine rings is 1. The van der Waals surface area contributed by atoms with Crippen LogP contribution in [0.5, 0.6) is 0 Å². The van der Waals surface area contributed by atoms with Crippen molar-refractivity contribution in [1.29, 1.82) is 0 Å². The summed E-state index contributed by atoms with van der Waals surface area (Å²) in [6.07, 6.45) is 8.38. The van der Waals surface area contributed by atoms with Gasteiger partial charge in [0, 0.05) is 5.39 Å². The average molecular weight is 372 g/mol. The highest BCUT2D eigenvalue weighted by Crippen LogP contribution is 2.39. The van der Waals surface area contributed by atoms with Crippen molar-refractivity contribution in [2.45, 2.75) is 37.9 Å². The van der Waals surface area contributed by atoms with Gasteiger partial charge in [0.1, 0.15) is 4.75 Å². The molecule has 1 aliphatic heterocycles. The van der Waals surface area contributed by atoms with E-state index in [9.17, 15) is 8.42 Å². The normalized spacial score (nSPS) is 25.2. The predicted octanol–water partition coefficient (Wildman–Crippen LogP) is 3.25. The summed E-state index contributed by atoms with van der Waals surface area (Å²) in [7, 11) is -3.68. The highest BCUT2D eigenvalue weighted by atomic mass is 32.2. The van der Waals surface area contributed by atoms with Gasteiger partial charge in [0.25, 0.3) is 10.0 Å². The molecular weight excluding hydrogens is 346 g/mol. The molecule has 0 bridgehead atoms. The lowest BCUT2D eigenvalue weighted by molar-refractivity contribution is 0.403. The zero-order valence-corrected chi connectivity index (χ0v) is 16.1. The molecule has 2 heterocycles. The van der Waals surface area contributed by atoms with Crippen molar-refractivity contribution >= 4 is 20.9 Å². The van der Waals surface area contributed by atoms with Gasteiger partial charge < -0.3 is 5.32 Å². The molecule has 1 saturated heterocycles. The van der Waals surface area contributed by atoms with Gasteiger partial charge in [-0.1, -0.05) is 41.5 Å². The van der Waals surface area contributed by atoms with Crippen molar-refractivity contribution in [1.82, 2.24) is 14.5 Å². The lowest BCUT2D eigenvalue weighted by atomic mass is 9.80. The molecule has 138 valence electrons. The van der Waals surface area contributed by atoms with Crippen molar-refractivity contribution in [3.63, 3.8) is 0 Å². The third kappa shape index (κ3) is 2.81. The Bertz CT molecular complexity index is 997. The zero-order valence-electron chi connectivity index (χ0n) is 15.3. The summed E-state index contributed by atoms with van der Waals surface area (Å²) in [5.41, 5.74) is 2.92. The molecule has 1 aromatic heterocycles. The van der Waals surface area contributed by atoms with Crippen LogP contribution in [-0.2, 0) is 10.0 Å². The molecule has 0 radical (unpaired) electrons. The summed E-state index contributed by atoms with van der Waals surface area (Å²) in [6, 6.07) is 7.44. The number of nitrogens with zero attached hydrogens (tertiary/aromatic N) is 2. The van der Waals surface area contributed by atoms with Gasteiger partial charge >= 0.3 is 0 Å². The molecule has 0 spiro atoms. The Morgan fingerprint density at radius 2 is 1.96 bits per heavy atom. The first kappa shape index (κ1) is 17.5. The maximum Gasteiger partial charge on any atom is 0.263 e. The Balaban J connectivity index is 1.75. The molecule has 1 aromatic carbocycles. The fourth-order valence-electron chi connectivity index (χ4n) is 4.28. The number of benzene rings is 1. The van der Waals surface area contributed by atoms with Gasteiger partial charge in [-0.05, 0) is 58.2 Å². The quantitative estimate of drug-likeness (QED) is 0.900. The van der Waals surface area contributed by atoms with E-state index in [0.717, 1.165) is 36.9 Å². The number of hydrogen-bond acceptors (Lipinski definition) is 4. The van der Waals surface area contributed by atoms with Crippen LogP contribution in [-0.4, -0.2) is 35.4 Å². The highest BCUT2D eigenvalue weighted by Gasteiger charge is 2.43. The summed E-state index contributed by atoms with van der Waals surface area (Å²) in [4.78, 5) is 0. The first-order chi connectivity index (χ1) is 12.4. The number of hydrogen-bond donors (Lipinski definition) is 1. The van der Waals surface area contributed by atoms with E-state index in [1.165, 1.54) is 9.66 Å². The van der Waals surface area contributed by atoms with Crippen molar-refractivity contribution in [3.05, 3.63) is 53.8 Å². The van der Waals surface area contributed by atoms with Crippen LogP contribution in [0.3, 0.4) is 0 Å². The van der Waals surface area contributed by atoms with Crippen LogP contribution >= 0.6 is 0 Å². The smallest absolute Gasteiger partial charge is 0.263 e. The van der Waals surface area contributed by atoms with Crippen LogP contribution in [0.1, 0.15) is 33.1 Å². The van der Waals surface area contributed by atoms with Crippen molar-refractivity contribution < 1.29 is 8.42 Å². The largest absolute Gasteiger partial charge is 0.317 e. The van der Waals surface area contributed by atoms with E-state index in [-0.39, 0.29) is 0 Å². The van der Waals surface area contributed by atoms with Gasteiger partial charge in [-0.3, -0.25) is 0 Å². The van der Waals surface area contributed by atoms with E-state index in [0.29, 0.717) is 17.9 Å². The Labute approximate surface area is 154 Å². The van der Waals surface area contributed by atoms with Gasteiger partial charge in [0.05, 0.1) is 11.7 Å². The van der Waals surface area contributed by atoms with E-state index in [1.54, 1.807) is 6.20 Å². The molecule has 1 N–H and O–H groups in total. The van der Waals surface area contributed by atoms with E-state index in [4.69, 9.17) is 0 Å². The molecule has 1 atom stereocenters. The Morgan fingerprint density at radius 3 is 2.73 bits per heavy atom. The molecule has 2 aromatic rings. The minimum atomic E-state index is -3.68. The monoisotopic (exact) mass is 371 g/mol. The van der Waals surface area contributed by atoms with Gasteiger partial charge in [-0.15, -0.1) is 0 Å². The summed E-state index contributed by atoms with van der Waals surface area (Å²) in [5, 5.41) is 8.44. The molecule has 1 unspecified atom stereocenters. The Morgan fingerprint density at radius 1 is 1.23 bits per heavy atom. The van der Waals surface area contributed by atoms with Gasteiger partial charge in [-0.2, -0.15) is 9.19 Å². The minimum Gasteiger partial charge on any atom is -0.317 e. The zero-order chi connectivity index (χ0) is 18.4. The number of nitrogens with one attached hydrogen (secondary N) is 1. The lowest BCUT2D eigenvalue weighted by Gasteiger charge is -2.35. The number of aromatic nitrogens is 2. The average Bonchev–Trinajstić information content (AvgIpc) is 3.06. The second-order valence-corrected chi connectivity index (χ2v) is 9.90. The second-order valence-electron chi connectivity index (χ2n) is 7.67. The molecule has 2 aliphatic rings. The lowest BCUT2D eigenvalue weighted by Crippen LogP contribution is -2.41. The maximum atomic E-state index is 13.6. The van der Waals surface area contributed by atoms with Crippen LogP contribution in [0.4, 0.5) is 0 Å². The summed E-state index contributed by atoms with van der Waals surface area (Å²) in [6.45, 7) is 5.82. The topological polar surface area (TPSA) is 64.0 Å². The van der Waals surface area contributed by atoms with E-state index in [1.807, 2.05) is 44.2 Å². The fraction of sp³-hybridized carbons (Fsp3) is 0.450. The Hall–Kier alpha value is -1.92. The number of para-hydroxylation sites is 1. The molecular formula is C20H25N3O2S. The van der Waals surface area contributed by atoms with Gasteiger partial charge in [-0.25, -0.2) is 8.42 Å². The maximum absolute atomic E-state index is 13.6. The number of allylic oxidation sites excluding steroid dienone is 3. The Kier molecular flexibility index (Phi) is 4.28. The van der Waals surface area contributed by atoms with Crippen LogP contribution < -0.4 is 5.32 Å². The number of rotatable bonds is 3. The number of fused-ring (bicyclic) bond motifs is 1. The van der Waals surface area contributed by atoms with Crippen LogP contribution in [0, 0.1) is 5.92 Å². The molecule has 6 heteroatoms. The van der Waals surface area contributed by atoms with Crippen LogP contribution in [0.2, 0.25) is 0 Å². The molecule has 1 aliphatic carbocycles. The van der Waals surface area contributed by atoms with Gasteiger partial charge in [0.2, 0.25) is 0 Å². The van der Waals surface area contributed by atoms with Crippen molar-refractivity contribution in [2.24, 2.45) is 5.92 Å². The second kappa shape index (κ2) is 6.35. The first-order valence-electron chi connectivity index (χ1n) is 9.19. The minimum absolute atomic E-state index is 0.462. The van der Waals surface area contributed by atoms with Crippen LogP contribution in [0.25, 0.3) is 10.9 Å². The molecule has 0 amide bonds. The third-order valence-electron chi connectivity index (χ3n) is 5.63. The van der Waals surface area contributed by atoms with Crippen LogP contribution in [0.15, 0.2) is 53.8 Å². The molecule has 0 saturated carbocycles. The molecule has 26 heavy (non-hydrogen) atoms. The fourth-order valence-corrected chi connectivity index (χ4v) is 5.96. The predicted molar refractivity (Wildman–Crippen MR) is 105 cm³/mol. The summed E-state index contributed by atoms with van der Waals surface area (Å²) in [5.74, 6) is 0.462. The molecule has 1 fully saturated rings. The summed E-state index contributed by atoms with van der Waals surface area (Å²) < 4.78 is 27.4. The summed E-state index contributed by atoms with van der Waals surface area (Å²) >= 11 is 0. The van der Waals surface area contributed by atoms with Crippen molar-refractivity contribution in [2.75, 3.05) is 13.1 Å². The molecule has 5 nitrogen and oxygen atoms in total. The van der Waals surface area contributed by atoms with Gasteiger partial charge in [0.15, 0.2) is 0 Å². The first-order valence-corrected chi connectivity index (χ1v) is 10.6. The SMILES string of the molecule is CC1=CC(C)(S(=O)(=O)n2ncc3ccccc32)CC(C2CCNCC2)=C1. The highest BCUT2D eigenvalue weighted by molar-refractivity contribution is 7.91. The molecule has 4 rings (SSSR count). The van der Waals surface area contributed by atoms with E-state index >= 15 is 0 Å². The van der Waals surface area contributed by atoms with E-state index < -0.39 is 14.8 Å². The standard InChI is InChI=1S/C20H25N3O2S/c1-15-11-18(16-7-9-21-10-8-16)13-20(2,12-15)26(24,25)23-19-6-4-3-5-17(19)14-22-23/h3-6,11-12,14,16,21H,7-10,13H2,1-2H3.